The zero-order valence-electron chi connectivity index (χ0n) is 46.9. The van der Waals surface area contributed by atoms with Crippen LogP contribution in [-0.2, 0) is 0 Å². The summed E-state index contributed by atoms with van der Waals surface area (Å²) >= 11 is 4.81. The second kappa shape index (κ2) is 36.3. The lowest BCUT2D eigenvalue weighted by molar-refractivity contribution is 0.112. The number of hydrogen-bond acceptors (Lipinski definition) is 10. The van der Waals surface area contributed by atoms with Crippen molar-refractivity contribution in [3.05, 3.63) is 77.7 Å². The molecule has 0 unspecified atom stereocenters. The number of aldehydes is 1. The molecule has 75 heavy (non-hydrogen) atoms. The first-order chi connectivity index (χ1) is 37.0. The predicted octanol–water partition coefficient (Wildman–Crippen LogP) is 22.8. The van der Waals surface area contributed by atoms with Gasteiger partial charge in [0.25, 0.3) is 0 Å². The van der Waals surface area contributed by atoms with Gasteiger partial charge in [-0.3, -0.25) is 10.2 Å². The molecule has 7 nitrogen and oxygen atoms in total. The van der Waals surface area contributed by atoms with Crippen molar-refractivity contribution in [2.24, 2.45) is 11.8 Å². The van der Waals surface area contributed by atoms with Gasteiger partial charge in [0.15, 0.2) is 40.8 Å². The number of unbranched alkanes of at least 4 members (excludes halogenated alkanes) is 20. The standard InChI is InChI=1S/C65H96N2O5S3/c1-5-9-13-17-21-25-35-52(36-26-22-18-14-10-6-2)39-33-45-69-56-41-29-31-43-58(56)71-60-48-55-62(75-67(66-55)65-50-64-63(74-65)47-54(51-68)73-64)49-61(60)72-59-44-32-30-42-57(59)70-46-34-40-53(37-27-23-19-15-11-7-3)38-28-24-20-16-12-8-4/h29-32,41-44,47-53,66H,5-28,33-40,45-46H2,1-4H3. The van der Waals surface area contributed by atoms with Gasteiger partial charge in [-0.1, -0.05) is 232 Å². The van der Waals surface area contributed by atoms with Crippen LogP contribution in [0.3, 0.4) is 0 Å². The third-order valence-corrected chi connectivity index (χ3v) is 18.3. The van der Waals surface area contributed by atoms with E-state index in [2.05, 4.69) is 49.7 Å². The van der Waals surface area contributed by atoms with Crippen molar-refractivity contribution in [2.45, 2.75) is 238 Å². The third kappa shape index (κ3) is 21.8. The van der Waals surface area contributed by atoms with Gasteiger partial charge in [0, 0.05) is 33.5 Å². The number of thiophene rings is 2. The number of carbonyl (C=O) groups is 1. The normalized spacial score (nSPS) is 12.3. The predicted molar refractivity (Wildman–Crippen MR) is 325 cm³/mol. The molecule has 2 aromatic heterocycles. The van der Waals surface area contributed by atoms with Gasteiger partial charge in [-0.05, 0) is 73.9 Å². The summed E-state index contributed by atoms with van der Waals surface area (Å²) in [6, 6.07) is 24.4. The molecule has 414 valence electrons. The molecular formula is C65H96N2O5S3. The summed E-state index contributed by atoms with van der Waals surface area (Å²) in [4.78, 5) is 13.3. The molecule has 0 atom stereocenters. The lowest BCUT2D eigenvalue weighted by atomic mass is 9.90. The number of hydrogen-bond donors (Lipinski definition) is 1. The van der Waals surface area contributed by atoms with Crippen molar-refractivity contribution >= 4 is 61.0 Å². The summed E-state index contributed by atoms with van der Waals surface area (Å²) in [7, 11) is 0. The van der Waals surface area contributed by atoms with Crippen LogP contribution in [0.1, 0.15) is 243 Å². The van der Waals surface area contributed by atoms with E-state index in [1.165, 1.54) is 204 Å². The van der Waals surface area contributed by atoms with Crippen LogP contribution in [0, 0.1) is 11.8 Å². The fourth-order valence-corrected chi connectivity index (χ4v) is 13.7. The Morgan fingerprint density at radius 3 is 1.29 bits per heavy atom. The van der Waals surface area contributed by atoms with Gasteiger partial charge in [0.1, 0.15) is 5.00 Å². The number of anilines is 2. The number of benzene rings is 3. The molecule has 1 aliphatic rings. The molecule has 5 aromatic rings. The third-order valence-electron chi connectivity index (χ3n) is 15.0. The van der Waals surface area contributed by atoms with Crippen molar-refractivity contribution in [1.82, 2.24) is 0 Å². The van der Waals surface area contributed by atoms with E-state index < -0.39 is 0 Å². The van der Waals surface area contributed by atoms with Crippen molar-refractivity contribution in [3.63, 3.8) is 0 Å². The SMILES string of the molecule is CCCCCCCCC(CCCCCCCC)CCCOc1ccccc1Oc1cc2c(cc1Oc1ccccc1OCCCC(CCCCCCCC)CCCCCCCC)SN(c1cc3sc(C=O)cc3s1)N2. The summed E-state index contributed by atoms with van der Waals surface area (Å²) in [6.45, 7) is 10.5. The molecule has 0 saturated carbocycles. The maximum Gasteiger partial charge on any atom is 0.172 e. The number of fused-ring (bicyclic) bond motifs is 2. The molecule has 0 bridgehead atoms. The Balaban J connectivity index is 1.12. The first-order valence-electron chi connectivity index (χ1n) is 30.2. The minimum atomic E-state index is 0.586. The van der Waals surface area contributed by atoms with Crippen LogP contribution >= 0.6 is 34.6 Å². The highest BCUT2D eigenvalue weighted by molar-refractivity contribution is 8.01. The van der Waals surface area contributed by atoms with E-state index >= 15 is 0 Å². The van der Waals surface area contributed by atoms with Crippen LogP contribution in [0.15, 0.2) is 77.7 Å². The van der Waals surface area contributed by atoms with Gasteiger partial charge in [0.05, 0.1) is 28.7 Å². The number of nitrogens with one attached hydrogen (secondary N) is 1. The Labute approximate surface area is 467 Å². The summed E-state index contributed by atoms with van der Waals surface area (Å²) in [6.07, 6.45) is 43.3. The Bertz CT molecular complexity index is 2130. The number of para-hydroxylation sites is 4. The molecule has 0 fully saturated rings. The topological polar surface area (TPSA) is 69.3 Å². The highest BCUT2D eigenvalue weighted by Gasteiger charge is 2.27. The fraction of sp³-hybridized carbons (Fsp3) is 0.615. The molecule has 1 aliphatic heterocycles. The summed E-state index contributed by atoms with van der Waals surface area (Å²) in [5.74, 6) is 5.51. The Kier molecular flexibility index (Phi) is 29.2. The molecule has 0 radical (unpaired) electrons. The second-order valence-electron chi connectivity index (χ2n) is 21.4. The molecule has 3 aromatic carbocycles. The van der Waals surface area contributed by atoms with E-state index in [1.807, 2.05) is 60.7 Å². The van der Waals surface area contributed by atoms with Gasteiger partial charge in [-0.2, -0.15) is 0 Å². The maximum atomic E-state index is 11.5. The first-order valence-corrected chi connectivity index (χ1v) is 32.6. The smallest absolute Gasteiger partial charge is 0.172 e. The number of carbonyl (C=O) groups excluding carboxylic acids is 1. The molecule has 10 heteroatoms. The molecule has 3 heterocycles. The largest absolute Gasteiger partial charge is 0.490 e. The van der Waals surface area contributed by atoms with Crippen LogP contribution in [-0.4, -0.2) is 19.5 Å². The Hall–Kier alpha value is -3.86. The first kappa shape index (κ1) is 60.4. The van der Waals surface area contributed by atoms with E-state index in [1.54, 1.807) is 23.3 Å². The van der Waals surface area contributed by atoms with Gasteiger partial charge >= 0.3 is 0 Å². The van der Waals surface area contributed by atoms with Gasteiger partial charge < -0.3 is 18.9 Å². The van der Waals surface area contributed by atoms with E-state index in [4.69, 9.17) is 18.9 Å². The molecular weight excluding hydrogens is 985 g/mol. The van der Waals surface area contributed by atoms with E-state index in [0.29, 0.717) is 36.2 Å². The quantitative estimate of drug-likeness (QED) is 0.0235. The Morgan fingerprint density at radius 2 is 0.853 bits per heavy atom. The molecule has 0 saturated heterocycles. The number of ether oxygens (including phenoxy) is 4. The molecule has 0 aliphatic carbocycles. The van der Waals surface area contributed by atoms with Crippen LogP contribution in [0.4, 0.5) is 10.7 Å². The number of nitrogens with zero attached hydrogens (tertiary/aromatic N) is 1. The minimum Gasteiger partial charge on any atom is -0.490 e. The zero-order chi connectivity index (χ0) is 52.6. The van der Waals surface area contributed by atoms with Crippen LogP contribution in [0.5, 0.6) is 34.5 Å². The second-order valence-corrected chi connectivity index (χ2v) is 24.6. The molecule has 0 spiro atoms. The molecule has 6 rings (SSSR count). The highest BCUT2D eigenvalue weighted by atomic mass is 32.2. The summed E-state index contributed by atoms with van der Waals surface area (Å²) in [5, 5.41) is 1.06. The zero-order valence-corrected chi connectivity index (χ0v) is 49.4. The lowest BCUT2D eigenvalue weighted by Gasteiger charge is -2.19. The van der Waals surface area contributed by atoms with Crippen molar-refractivity contribution in [2.75, 3.05) is 23.1 Å². The van der Waals surface area contributed by atoms with Gasteiger partial charge in [0.2, 0.25) is 0 Å². The van der Waals surface area contributed by atoms with Crippen LogP contribution < -0.4 is 28.8 Å². The maximum absolute atomic E-state index is 11.5. The number of rotatable bonds is 44. The van der Waals surface area contributed by atoms with Gasteiger partial charge in [-0.25, -0.2) is 4.41 Å². The minimum absolute atomic E-state index is 0.586. The monoisotopic (exact) mass is 1080 g/mol. The average molecular weight is 1080 g/mol. The van der Waals surface area contributed by atoms with E-state index in [0.717, 1.165) is 72.3 Å². The summed E-state index contributed by atoms with van der Waals surface area (Å²) in [5.41, 5.74) is 4.55. The van der Waals surface area contributed by atoms with Crippen molar-refractivity contribution in [3.8, 4) is 34.5 Å². The average Bonchev–Trinajstić information content (AvgIpc) is 4.15. The van der Waals surface area contributed by atoms with Crippen LogP contribution in [0.2, 0.25) is 0 Å². The van der Waals surface area contributed by atoms with Crippen molar-refractivity contribution in [1.29, 1.82) is 0 Å². The van der Waals surface area contributed by atoms with E-state index in [-0.39, 0.29) is 0 Å². The summed E-state index contributed by atoms with van der Waals surface area (Å²) < 4.78 is 31.3. The lowest BCUT2D eigenvalue weighted by Crippen LogP contribution is -2.14. The van der Waals surface area contributed by atoms with Gasteiger partial charge in [-0.15, -0.1) is 22.7 Å². The Morgan fingerprint density at radius 1 is 0.453 bits per heavy atom. The molecule has 1 N–H and O–H groups in total. The van der Waals surface area contributed by atoms with Crippen molar-refractivity contribution < 1.29 is 23.7 Å². The van der Waals surface area contributed by atoms with Crippen LogP contribution in [0.25, 0.3) is 9.40 Å². The highest BCUT2D eigenvalue weighted by Crippen LogP contribution is 2.51. The van der Waals surface area contributed by atoms with E-state index in [9.17, 15) is 4.79 Å². The molecule has 0 amide bonds. The number of hydrazine groups is 1. The fourth-order valence-electron chi connectivity index (χ4n) is 10.6.